The van der Waals surface area contributed by atoms with Crippen LogP contribution in [0.5, 0.6) is 5.75 Å². The third kappa shape index (κ3) is 3.02. The van der Waals surface area contributed by atoms with Crippen molar-refractivity contribution in [2.75, 3.05) is 12.4 Å². The number of anilines is 1. The standard InChI is InChI=1S/C15H15F2NO/c1-10(12-5-3-4-6-15(12)19-2)18-14-9-11(16)7-8-13(14)17/h3-10,18H,1-2H3. The van der Waals surface area contributed by atoms with Crippen molar-refractivity contribution in [2.24, 2.45) is 0 Å². The van der Waals surface area contributed by atoms with Gasteiger partial charge in [-0.2, -0.15) is 0 Å². The van der Waals surface area contributed by atoms with E-state index in [0.717, 1.165) is 23.8 Å². The van der Waals surface area contributed by atoms with Gasteiger partial charge in [-0.1, -0.05) is 18.2 Å². The van der Waals surface area contributed by atoms with Gasteiger partial charge in [0, 0.05) is 5.56 Å². The van der Waals surface area contributed by atoms with Crippen LogP contribution in [-0.4, -0.2) is 7.11 Å². The van der Waals surface area contributed by atoms with E-state index in [0.29, 0.717) is 5.75 Å². The summed E-state index contributed by atoms with van der Waals surface area (Å²) in [6.45, 7) is 1.86. The van der Waals surface area contributed by atoms with Crippen LogP contribution in [-0.2, 0) is 0 Å². The number of rotatable bonds is 4. The van der Waals surface area contributed by atoms with E-state index < -0.39 is 11.6 Å². The normalized spacial score (nSPS) is 12.0. The van der Waals surface area contributed by atoms with Gasteiger partial charge in [-0.15, -0.1) is 0 Å². The summed E-state index contributed by atoms with van der Waals surface area (Å²) in [6, 6.07) is 10.6. The van der Waals surface area contributed by atoms with E-state index in [2.05, 4.69) is 5.32 Å². The van der Waals surface area contributed by atoms with Crippen LogP contribution >= 0.6 is 0 Å². The van der Waals surface area contributed by atoms with Gasteiger partial charge in [-0.25, -0.2) is 8.78 Å². The zero-order valence-electron chi connectivity index (χ0n) is 10.8. The van der Waals surface area contributed by atoms with Gasteiger partial charge in [-0.3, -0.25) is 0 Å². The smallest absolute Gasteiger partial charge is 0.146 e. The van der Waals surface area contributed by atoms with Crippen molar-refractivity contribution in [1.29, 1.82) is 0 Å². The molecule has 2 rings (SSSR count). The van der Waals surface area contributed by atoms with Crippen LogP contribution in [0.1, 0.15) is 18.5 Å². The molecule has 0 amide bonds. The lowest BCUT2D eigenvalue weighted by Crippen LogP contribution is -2.09. The van der Waals surface area contributed by atoms with Crippen LogP contribution in [0.15, 0.2) is 42.5 Å². The number of ether oxygens (including phenoxy) is 1. The Bertz CT molecular complexity index is 572. The molecule has 100 valence electrons. The van der Waals surface area contributed by atoms with Crippen LogP contribution in [0.4, 0.5) is 14.5 Å². The fourth-order valence-electron chi connectivity index (χ4n) is 1.94. The molecule has 0 bridgehead atoms. The van der Waals surface area contributed by atoms with E-state index >= 15 is 0 Å². The minimum absolute atomic E-state index is 0.137. The first-order valence-corrected chi connectivity index (χ1v) is 5.96. The Morgan fingerprint density at radius 3 is 2.58 bits per heavy atom. The number of benzene rings is 2. The average molecular weight is 263 g/mol. The molecule has 0 heterocycles. The summed E-state index contributed by atoms with van der Waals surface area (Å²) in [6.07, 6.45) is 0. The number of hydrogen-bond acceptors (Lipinski definition) is 2. The van der Waals surface area contributed by atoms with Crippen LogP contribution in [0, 0.1) is 11.6 Å². The molecule has 0 fully saturated rings. The fourth-order valence-corrected chi connectivity index (χ4v) is 1.94. The Morgan fingerprint density at radius 2 is 1.84 bits per heavy atom. The molecule has 0 spiro atoms. The van der Waals surface area contributed by atoms with Gasteiger partial charge in [0.05, 0.1) is 18.8 Å². The van der Waals surface area contributed by atoms with Crippen molar-refractivity contribution < 1.29 is 13.5 Å². The molecule has 0 saturated carbocycles. The lowest BCUT2D eigenvalue weighted by atomic mass is 10.1. The van der Waals surface area contributed by atoms with Gasteiger partial charge < -0.3 is 10.1 Å². The second-order valence-corrected chi connectivity index (χ2v) is 4.23. The van der Waals surface area contributed by atoms with E-state index in [4.69, 9.17) is 4.74 Å². The van der Waals surface area contributed by atoms with Crippen molar-refractivity contribution in [3.63, 3.8) is 0 Å². The third-order valence-electron chi connectivity index (χ3n) is 2.91. The lowest BCUT2D eigenvalue weighted by molar-refractivity contribution is 0.408. The molecule has 0 aromatic heterocycles. The molecule has 2 aromatic carbocycles. The van der Waals surface area contributed by atoms with E-state index in [1.54, 1.807) is 7.11 Å². The first kappa shape index (κ1) is 13.3. The van der Waals surface area contributed by atoms with Crippen molar-refractivity contribution >= 4 is 5.69 Å². The third-order valence-corrected chi connectivity index (χ3v) is 2.91. The quantitative estimate of drug-likeness (QED) is 0.894. The van der Waals surface area contributed by atoms with Gasteiger partial charge >= 0.3 is 0 Å². The zero-order chi connectivity index (χ0) is 13.8. The molecule has 0 aliphatic carbocycles. The van der Waals surface area contributed by atoms with Crippen molar-refractivity contribution in [1.82, 2.24) is 0 Å². The number of para-hydroxylation sites is 1. The molecule has 2 nitrogen and oxygen atoms in total. The second-order valence-electron chi connectivity index (χ2n) is 4.23. The molecule has 0 radical (unpaired) electrons. The maximum atomic E-state index is 13.6. The number of nitrogens with one attached hydrogen (secondary N) is 1. The molecule has 0 aliphatic rings. The van der Waals surface area contributed by atoms with Crippen LogP contribution in [0.25, 0.3) is 0 Å². The minimum Gasteiger partial charge on any atom is -0.496 e. The first-order chi connectivity index (χ1) is 9.11. The molecular weight excluding hydrogens is 248 g/mol. The summed E-state index contributed by atoms with van der Waals surface area (Å²) in [5.41, 5.74) is 1.02. The van der Waals surface area contributed by atoms with E-state index in [1.807, 2.05) is 31.2 Å². The minimum atomic E-state index is -0.483. The molecular formula is C15H15F2NO. The summed E-state index contributed by atoms with van der Waals surface area (Å²) >= 11 is 0. The number of hydrogen-bond donors (Lipinski definition) is 1. The van der Waals surface area contributed by atoms with Gasteiger partial charge in [0.25, 0.3) is 0 Å². The highest BCUT2D eigenvalue weighted by Gasteiger charge is 2.13. The summed E-state index contributed by atoms with van der Waals surface area (Å²) in [7, 11) is 1.58. The maximum Gasteiger partial charge on any atom is 0.146 e. The highest BCUT2D eigenvalue weighted by Crippen LogP contribution is 2.28. The molecule has 4 heteroatoms. The lowest BCUT2D eigenvalue weighted by Gasteiger charge is -2.18. The van der Waals surface area contributed by atoms with Gasteiger partial charge in [-0.05, 0) is 31.2 Å². The highest BCUT2D eigenvalue weighted by atomic mass is 19.1. The van der Waals surface area contributed by atoms with Crippen molar-refractivity contribution in [2.45, 2.75) is 13.0 Å². The van der Waals surface area contributed by atoms with Crippen molar-refractivity contribution in [3.8, 4) is 5.75 Å². The Hall–Kier alpha value is -2.10. The molecule has 0 saturated heterocycles. The maximum absolute atomic E-state index is 13.6. The topological polar surface area (TPSA) is 21.3 Å². The Morgan fingerprint density at radius 1 is 1.11 bits per heavy atom. The highest BCUT2D eigenvalue weighted by molar-refractivity contribution is 5.48. The summed E-state index contributed by atoms with van der Waals surface area (Å²) in [5.74, 6) is -0.251. The predicted octanol–water partition coefficient (Wildman–Crippen LogP) is 4.15. The van der Waals surface area contributed by atoms with Crippen LogP contribution < -0.4 is 10.1 Å². The Labute approximate surface area is 111 Å². The molecule has 1 N–H and O–H groups in total. The Kier molecular flexibility index (Phi) is 4.00. The molecule has 1 atom stereocenters. The largest absolute Gasteiger partial charge is 0.496 e. The first-order valence-electron chi connectivity index (χ1n) is 5.96. The van der Waals surface area contributed by atoms with Crippen molar-refractivity contribution in [3.05, 3.63) is 59.7 Å². The SMILES string of the molecule is COc1ccccc1C(C)Nc1cc(F)ccc1F. The van der Waals surface area contributed by atoms with Crippen LogP contribution in [0.3, 0.4) is 0 Å². The van der Waals surface area contributed by atoms with E-state index in [9.17, 15) is 8.78 Å². The fraction of sp³-hybridized carbons (Fsp3) is 0.200. The van der Waals surface area contributed by atoms with Gasteiger partial charge in [0.1, 0.15) is 17.4 Å². The monoisotopic (exact) mass is 263 g/mol. The van der Waals surface area contributed by atoms with Gasteiger partial charge in [0.2, 0.25) is 0 Å². The van der Waals surface area contributed by atoms with Gasteiger partial charge in [0.15, 0.2) is 0 Å². The molecule has 2 aromatic rings. The van der Waals surface area contributed by atoms with E-state index in [1.165, 1.54) is 0 Å². The molecule has 0 aliphatic heterocycles. The zero-order valence-corrected chi connectivity index (χ0v) is 10.8. The number of halogens is 2. The average Bonchev–Trinajstić information content (AvgIpc) is 2.42. The van der Waals surface area contributed by atoms with Crippen LogP contribution in [0.2, 0.25) is 0 Å². The number of methoxy groups -OCH3 is 1. The summed E-state index contributed by atoms with van der Waals surface area (Å²) in [5, 5.41) is 2.95. The molecule has 19 heavy (non-hydrogen) atoms. The Balaban J connectivity index is 2.25. The van der Waals surface area contributed by atoms with E-state index in [-0.39, 0.29) is 11.7 Å². The molecule has 1 unspecified atom stereocenters. The summed E-state index contributed by atoms with van der Waals surface area (Å²) in [4.78, 5) is 0. The summed E-state index contributed by atoms with van der Waals surface area (Å²) < 4.78 is 31.9. The predicted molar refractivity (Wildman–Crippen MR) is 71.4 cm³/mol. The second kappa shape index (κ2) is 5.69.